The van der Waals surface area contributed by atoms with Crippen molar-refractivity contribution in [3.05, 3.63) is 0 Å². The molecule has 0 aliphatic carbocycles. The topological polar surface area (TPSA) is 69.7 Å². The fraction of sp³-hybridized carbons (Fsp3) is 0.875. The fourth-order valence-corrected chi connectivity index (χ4v) is 2.18. The third-order valence-electron chi connectivity index (χ3n) is 1.55. The summed E-state index contributed by atoms with van der Waals surface area (Å²) in [4.78, 5) is 11.2. The third-order valence-corrected chi connectivity index (χ3v) is 3.34. The molecule has 0 aromatic carbocycles. The van der Waals surface area contributed by atoms with Crippen molar-refractivity contribution >= 4 is 16.1 Å². The van der Waals surface area contributed by atoms with Crippen molar-refractivity contribution < 1.29 is 22.1 Å². The minimum atomic E-state index is -3.82. The lowest BCUT2D eigenvalue weighted by Crippen LogP contribution is -2.32. The van der Waals surface area contributed by atoms with Crippen LogP contribution in [0.1, 0.15) is 27.2 Å². The fourth-order valence-electron chi connectivity index (χ4n) is 0.970. The van der Waals surface area contributed by atoms with Gasteiger partial charge in [-0.1, -0.05) is 6.92 Å². The molecule has 1 unspecified atom stereocenters. The van der Waals surface area contributed by atoms with Gasteiger partial charge in [0.25, 0.3) is 10.1 Å². The van der Waals surface area contributed by atoms with Crippen LogP contribution < -0.4 is 0 Å². The van der Waals surface area contributed by atoms with Crippen LogP contribution in [0.2, 0.25) is 0 Å². The molecule has 0 amide bonds. The van der Waals surface area contributed by atoms with Crippen LogP contribution in [-0.2, 0) is 23.8 Å². The van der Waals surface area contributed by atoms with E-state index in [4.69, 9.17) is 0 Å². The average Bonchev–Trinajstić information content (AvgIpc) is 2.04. The van der Waals surface area contributed by atoms with Crippen molar-refractivity contribution in [2.45, 2.75) is 32.4 Å². The predicted molar refractivity (Wildman–Crippen MR) is 51.3 cm³/mol. The Balaban J connectivity index is 4.63. The maximum atomic E-state index is 11.4. The first-order valence-corrected chi connectivity index (χ1v) is 6.01. The monoisotopic (exact) mass is 224 g/mol. The Morgan fingerprint density at radius 2 is 1.79 bits per heavy atom. The lowest BCUT2D eigenvalue weighted by Gasteiger charge is -2.13. The lowest BCUT2D eigenvalue weighted by molar-refractivity contribution is -0.142. The van der Waals surface area contributed by atoms with Gasteiger partial charge >= 0.3 is 5.97 Å². The highest BCUT2D eigenvalue weighted by molar-refractivity contribution is 7.88. The number of ether oxygens (including phenoxy) is 1. The van der Waals surface area contributed by atoms with Gasteiger partial charge in [0.1, 0.15) is 0 Å². The van der Waals surface area contributed by atoms with E-state index in [1.54, 1.807) is 20.8 Å². The molecular weight excluding hydrogens is 208 g/mol. The van der Waals surface area contributed by atoms with Crippen molar-refractivity contribution in [3.63, 3.8) is 0 Å². The van der Waals surface area contributed by atoms with Gasteiger partial charge in [-0.05, 0) is 20.3 Å². The zero-order chi connectivity index (χ0) is 11.2. The Labute approximate surface area is 84.5 Å². The second kappa shape index (κ2) is 5.98. The van der Waals surface area contributed by atoms with Gasteiger partial charge in [0.15, 0.2) is 5.25 Å². The third kappa shape index (κ3) is 3.63. The number of carbonyl (C=O) groups is 1. The molecule has 14 heavy (non-hydrogen) atoms. The number of hydrogen-bond acceptors (Lipinski definition) is 5. The molecule has 0 aromatic rings. The Kier molecular flexibility index (Phi) is 5.71. The van der Waals surface area contributed by atoms with E-state index in [0.717, 1.165) is 0 Å². The highest BCUT2D eigenvalue weighted by Gasteiger charge is 2.32. The molecule has 0 aromatic heterocycles. The largest absolute Gasteiger partial charge is 0.465 e. The van der Waals surface area contributed by atoms with Crippen LogP contribution in [0.4, 0.5) is 0 Å². The second-order valence-corrected chi connectivity index (χ2v) is 4.34. The second-order valence-electron chi connectivity index (χ2n) is 2.55. The molecule has 0 spiro atoms. The van der Waals surface area contributed by atoms with Crippen LogP contribution in [0.5, 0.6) is 0 Å². The first kappa shape index (κ1) is 13.4. The quantitative estimate of drug-likeness (QED) is 0.490. The van der Waals surface area contributed by atoms with E-state index >= 15 is 0 Å². The number of carbonyl (C=O) groups excluding carboxylic acids is 1. The minimum absolute atomic E-state index is 0.0260. The number of hydrogen-bond donors (Lipinski definition) is 0. The van der Waals surface area contributed by atoms with Gasteiger partial charge in [-0.2, -0.15) is 8.42 Å². The molecule has 0 N–H and O–H groups in total. The molecule has 0 aliphatic rings. The molecule has 0 saturated carbocycles. The van der Waals surface area contributed by atoms with Gasteiger partial charge < -0.3 is 4.74 Å². The highest BCUT2D eigenvalue weighted by atomic mass is 32.2. The van der Waals surface area contributed by atoms with Crippen molar-refractivity contribution in [1.29, 1.82) is 0 Å². The van der Waals surface area contributed by atoms with Gasteiger partial charge in [0.05, 0.1) is 13.2 Å². The summed E-state index contributed by atoms with van der Waals surface area (Å²) < 4.78 is 31.9. The van der Waals surface area contributed by atoms with Crippen LogP contribution in [0.3, 0.4) is 0 Å². The summed E-state index contributed by atoms with van der Waals surface area (Å²) in [5.41, 5.74) is 0. The molecule has 0 saturated heterocycles. The minimum Gasteiger partial charge on any atom is -0.465 e. The van der Waals surface area contributed by atoms with Crippen LogP contribution >= 0.6 is 0 Å². The van der Waals surface area contributed by atoms with Gasteiger partial charge in [-0.3, -0.25) is 8.98 Å². The molecule has 84 valence electrons. The Morgan fingerprint density at radius 3 is 2.14 bits per heavy atom. The van der Waals surface area contributed by atoms with Crippen LogP contribution in [-0.4, -0.2) is 32.9 Å². The van der Waals surface area contributed by atoms with E-state index in [-0.39, 0.29) is 19.6 Å². The summed E-state index contributed by atoms with van der Waals surface area (Å²) in [5.74, 6) is -0.747. The van der Waals surface area contributed by atoms with Gasteiger partial charge in [0, 0.05) is 0 Å². The molecule has 6 heteroatoms. The Bertz CT molecular complexity index is 269. The normalized spacial score (nSPS) is 13.6. The SMILES string of the molecule is CCOC(=O)C(CC)S(=O)(=O)OCC. The van der Waals surface area contributed by atoms with E-state index in [9.17, 15) is 13.2 Å². The first-order valence-electron chi connectivity index (χ1n) is 4.54. The van der Waals surface area contributed by atoms with Crippen molar-refractivity contribution in [2.75, 3.05) is 13.2 Å². The van der Waals surface area contributed by atoms with Gasteiger partial charge in [-0.25, -0.2) is 0 Å². The summed E-state index contributed by atoms with van der Waals surface area (Å²) in [6, 6.07) is 0. The highest BCUT2D eigenvalue weighted by Crippen LogP contribution is 2.10. The maximum Gasteiger partial charge on any atom is 0.326 e. The average molecular weight is 224 g/mol. The first-order chi connectivity index (χ1) is 6.49. The number of rotatable bonds is 6. The molecule has 0 bridgehead atoms. The summed E-state index contributed by atoms with van der Waals surface area (Å²) in [6.45, 7) is 4.96. The maximum absolute atomic E-state index is 11.4. The molecule has 0 rings (SSSR count). The van der Waals surface area contributed by atoms with E-state index in [0.29, 0.717) is 0 Å². The van der Waals surface area contributed by atoms with Crippen LogP contribution in [0.15, 0.2) is 0 Å². The van der Waals surface area contributed by atoms with E-state index in [2.05, 4.69) is 8.92 Å². The zero-order valence-electron chi connectivity index (χ0n) is 8.65. The molecule has 0 radical (unpaired) electrons. The molecule has 0 fully saturated rings. The number of esters is 1. The Morgan fingerprint density at radius 1 is 1.21 bits per heavy atom. The van der Waals surface area contributed by atoms with Crippen LogP contribution in [0, 0.1) is 0 Å². The smallest absolute Gasteiger partial charge is 0.326 e. The summed E-state index contributed by atoms with van der Waals surface area (Å²) in [5, 5.41) is -1.21. The molecule has 1 atom stereocenters. The van der Waals surface area contributed by atoms with E-state index < -0.39 is 21.3 Å². The molecule has 5 nitrogen and oxygen atoms in total. The van der Waals surface area contributed by atoms with Gasteiger partial charge in [0.2, 0.25) is 0 Å². The van der Waals surface area contributed by atoms with Crippen molar-refractivity contribution in [3.8, 4) is 0 Å². The molecular formula is C8H16O5S. The molecule has 0 aliphatic heterocycles. The van der Waals surface area contributed by atoms with Crippen molar-refractivity contribution in [1.82, 2.24) is 0 Å². The summed E-state index contributed by atoms with van der Waals surface area (Å²) in [7, 11) is -3.82. The summed E-state index contributed by atoms with van der Waals surface area (Å²) in [6.07, 6.45) is 0.154. The Hall–Kier alpha value is -0.620. The van der Waals surface area contributed by atoms with Crippen molar-refractivity contribution in [2.24, 2.45) is 0 Å². The van der Waals surface area contributed by atoms with Crippen LogP contribution in [0.25, 0.3) is 0 Å². The van der Waals surface area contributed by atoms with Gasteiger partial charge in [-0.15, -0.1) is 0 Å². The van der Waals surface area contributed by atoms with E-state index in [1.807, 2.05) is 0 Å². The van der Waals surface area contributed by atoms with E-state index in [1.165, 1.54) is 0 Å². The molecule has 0 heterocycles. The predicted octanol–water partition coefficient (Wildman–Crippen LogP) is 0.694. The summed E-state index contributed by atoms with van der Waals surface area (Å²) >= 11 is 0. The zero-order valence-corrected chi connectivity index (χ0v) is 9.46. The lowest BCUT2D eigenvalue weighted by atomic mass is 10.3. The standard InChI is InChI=1S/C8H16O5S/c1-4-7(8(9)12-5-2)14(10,11)13-6-3/h7H,4-6H2,1-3H3.